The van der Waals surface area contributed by atoms with Crippen LogP contribution in [-0.2, 0) is 4.74 Å². The van der Waals surface area contributed by atoms with Gasteiger partial charge >= 0.3 is 5.69 Å². The Balaban J connectivity index is 1.91. The lowest BCUT2D eigenvalue weighted by Gasteiger charge is -2.21. The highest BCUT2D eigenvalue weighted by molar-refractivity contribution is 8.77. The van der Waals surface area contributed by atoms with Crippen LogP contribution < -0.4 is 11.2 Å². The second-order valence-electron chi connectivity index (χ2n) is 6.45. The lowest BCUT2D eigenvalue weighted by molar-refractivity contribution is -0.387. The molecule has 9 nitrogen and oxygen atoms in total. The van der Waals surface area contributed by atoms with Crippen LogP contribution in [0.5, 0.6) is 0 Å². The summed E-state index contributed by atoms with van der Waals surface area (Å²) in [6.45, 7) is 3.25. The van der Waals surface area contributed by atoms with E-state index in [-0.39, 0.29) is 23.5 Å². The molecule has 1 saturated heterocycles. The number of aromatic nitrogens is 2. The fourth-order valence-electron chi connectivity index (χ4n) is 2.98. The number of hydrogen-bond donors (Lipinski definition) is 2. The van der Waals surface area contributed by atoms with Gasteiger partial charge in [0.1, 0.15) is 0 Å². The summed E-state index contributed by atoms with van der Waals surface area (Å²) in [5.41, 5.74) is -0.713. The molecule has 1 aliphatic rings. The zero-order chi connectivity index (χ0) is 20.4. The lowest BCUT2D eigenvalue weighted by Crippen LogP contribution is -2.36. The number of aryl methyl sites for hydroxylation is 1. The van der Waals surface area contributed by atoms with Crippen LogP contribution in [0.1, 0.15) is 18.7 Å². The van der Waals surface area contributed by atoms with E-state index in [0.717, 1.165) is 0 Å². The van der Waals surface area contributed by atoms with Crippen LogP contribution in [0.15, 0.2) is 44.9 Å². The number of nitro groups is 1. The number of benzene rings is 1. The van der Waals surface area contributed by atoms with Gasteiger partial charge < -0.3 is 9.84 Å². The molecule has 28 heavy (non-hydrogen) atoms. The Labute approximate surface area is 167 Å². The third kappa shape index (κ3) is 4.02. The first-order chi connectivity index (χ1) is 13.3. The topological polar surface area (TPSA) is 127 Å². The van der Waals surface area contributed by atoms with Crippen molar-refractivity contribution < 1.29 is 14.8 Å². The van der Waals surface area contributed by atoms with Crippen molar-refractivity contribution in [1.29, 1.82) is 0 Å². The molecule has 2 unspecified atom stereocenters. The number of aliphatic hydroxyl groups excluding tert-OH is 1. The molecule has 1 fully saturated rings. The molecule has 0 amide bonds. The molecular formula is C17H19N3O6S2. The Hall–Kier alpha value is -2.08. The van der Waals surface area contributed by atoms with Crippen molar-refractivity contribution in [3.63, 3.8) is 0 Å². The molecule has 1 aliphatic heterocycles. The van der Waals surface area contributed by atoms with Crippen LogP contribution in [-0.4, -0.2) is 37.5 Å². The summed E-state index contributed by atoms with van der Waals surface area (Å²) in [4.78, 5) is 37.5. The van der Waals surface area contributed by atoms with Crippen LogP contribution in [0.4, 0.5) is 5.69 Å². The summed E-state index contributed by atoms with van der Waals surface area (Å²) in [5, 5.41) is 20.6. The van der Waals surface area contributed by atoms with E-state index in [1.165, 1.54) is 38.4 Å². The molecule has 2 heterocycles. The minimum Gasteiger partial charge on any atom is -0.394 e. The number of aromatic amines is 1. The molecule has 0 bridgehead atoms. The standard InChI is InChI=1S/C17H19N3O6S2/c1-9-7-19(17(23)18-15(9)22)16-14(10(2)12(8-21)26-16)28-27-13-6-4-3-5-11(13)20(24)25/h3-7,10,12,14,16,21H,8H2,1-2H3,(H,18,22,23)/t10?,12-,14?,16-/m1/s1. The summed E-state index contributed by atoms with van der Waals surface area (Å²) >= 11 is 0. The van der Waals surface area contributed by atoms with Crippen molar-refractivity contribution in [2.24, 2.45) is 5.92 Å². The van der Waals surface area contributed by atoms with Crippen LogP contribution in [0.2, 0.25) is 0 Å². The molecule has 1 aromatic carbocycles. The molecular weight excluding hydrogens is 406 g/mol. The van der Waals surface area contributed by atoms with Gasteiger partial charge in [-0.3, -0.25) is 24.5 Å². The number of nitro benzene ring substituents is 1. The smallest absolute Gasteiger partial charge is 0.330 e. The predicted molar refractivity (Wildman–Crippen MR) is 107 cm³/mol. The highest BCUT2D eigenvalue weighted by Crippen LogP contribution is 2.49. The molecule has 0 aliphatic carbocycles. The molecule has 0 radical (unpaired) electrons. The number of nitrogens with zero attached hydrogens (tertiary/aromatic N) is 2. The predicted octanol–water partition coefficient (Wildman–Crippen LogP) is 2.09. The van der Waals surface area contributed by atoms with E-state index in [0.29, 0.717) is 10.5 Å². The number of nitrogens with one attached hydrogen (secondary N) is 1. The molecule has 4 atom stereocenters. The third-order valence-corrected chi connectivity index (χ3v) is 7.61. The van der Waals surface area contributed by atoms with Gasteiger partial charge in [0.15, 0.2) is 6.23 Å². The van der Waals surface area contributed by atoms with Crippen molar-refractivity contribution in [2.75, 3.05) is 6.61 Å². The van der Waals surface area contributed by atoms with Crippen molar-refractivity contribution in [1.82, 2.24) is 9.55 Å². The summed E-state index contributed by atoms with van der Waals surface area (Å²) in [5.74, 6) is -0.130. The SMILES string of the molecule is Cc1cn([C@@H]2O[C@H](CO)C(C)C2SSc2ccccc2[N+](=O)[O-])c(=O)[nH]c1=O. The van der Waals surface area contributed by atoms with Gasteiger partial charge in [-0.1, -0.05) is 40.6 Å². The first kappa shape index (κ1) is 20.6. The van der Waals surface area contributed by atoms with Gasteiger partial charge in [0.25, 0.3) is 11.2 Å². The number of rotatable bonds is 6. The summed E-state index contributed by atoms with van der Waals surface area (Å²) in [6, 6.07) is 6.40. The van der Waals surface area contributed by atoms with Crippen molar-refractivity contribution in [2.45, 2.75) is 36.3 Å². The first-order valence-corrected chi connectivity index (χ1v) is 10.7. The minimum atomic E-state index is -0.726. The van der Waals surface area contributed by atoms with Crippen molar-refractivity contribution in [3.05, 3.63) is 67.0 Å². The van der Waals surface area contributed by atoms with Gasteiger partial charge in [0, 0.05) is 23.7 Å². The average molecular weight is 425 g/mol. The normalized spacial score (nSPS) is 24.4. The van der Waals surface area contributed by atoms with Gasteiger partial charge in [0.2, 0.25) is 0 Å². The Kier molecular flexibility index (Phi) is 6.28. The lowest BCUT2D eigenvalue weighted by atomic mass is 10.0. The highest BCUT2D eigenvalue weighted by atomic mass is 33.1. The van der Waals surface area contributed by atoms with E-state index in [2.05, 4.69) is 4.98 Å². The fraction of sp³-hybridized carbons (Fsp3) is 0.412. The second kappa shape index (κ2) is 8.52. The Morgan fingerprint density at radius 3 is 2.75 bits per heavy atom. The van der Waals surface area contributed by atoms with E-state index in [9.17, 15) is 24.8 Å². The summed E-state index contributed by atoms with van der Waals surface area (Å²) < 4.78 is 7.19. The van der Waals surface area contributed by atoms with Crippen molar-refractivity contribution in [3.8, 4) is 0 Å². The number of ether oxygens (including phenoxy) is 1. The molecule has 150 valence electrons. The highest BCUT2D eigenvalue weighted by Gasteiger charge is 2.44. The van der Waals surface area contributed by atoms with E-state index in [1.54, 1.807) is 25.1 Å². The molecule has 0 saturated carbocycles. The molecule has 1 aromatic heterocycles. The van der Waals surface area contributed by atoms with Crippen LogP contribution in [0.3, 0.4) is 0 Å². The number of H-pyrrole nitrogens is 1. The van der Waals surface area contributed by atoms with Gasteiger partial charge in [-0.15, -0.1) is 0 Å². The second-order valence-corrected chi connectivity index (χ2v) is 8.88. The fourth-order valence-corrected chi connectivity index (χ4v) is 6.08. The van der Waals surface area contributed by atoms with Crippen LogP contribution >= 0.6 is 21.6 Å². The monoisotopic (exact) mass is 425 g/mol. The van der Waals surface area contributed by atoms with E-state index < -0.39 is 28.5 Å². The van der Waals surface area contributed by atoms with Gasteiger partial charge in [-0.05, 0) is 13.0 Å². The average Bonchev–Trinajstić information content (AvgIpc) is 2.98. The Bertz CT molecular complexity index is 991. The van der Waals surface area contributed by atoms with Gasteiger partial charge in [-0.2, -0.15) is 0 Å². The molecule has 0 spiro atoms. The Morgan fingerprint density at radius 1 is 1.36 bits per heavy atom. The zero-order valence-electron chi connectivity index (χ0n) is 15.1. The summed E-state index contributed by atoms with van der Waals surface area (Å²) in [7, 11) is 2.57. The maximum Gasteiger partial charge on any atom is 0.330 e. The minimum absolute atomic E-state index is 0.00104. The first-order valence-electron chi connectivity index (χ1n) is 8.48. The molecule has 11 heteroatoms. The van der Waals surface area contributed by atoms with E-state index >= 15 is 0 Å². The largest absolute Gasteiger partial charge is 0.394 e. The number of aliphatic hydroxyl groups is 1. The van der Waals surface area contributed by atoms with Crippen LogP contribution in [0.25, 0.3) is 0 Å². The Morgan fingerprint density at radius 2 is 2.07 bits per heavy atom. The quantitative estimate of drug-likeness (QED) is 0.409. The maximum atomic E-state index is 12.3. The zero-order valence-corrected chi connectivity index (χ0v) is 16.7. The van der Waals surface area contributed by atoms with Gasteiger partial charge in [0.05, 0.1) is 27.8 Å². The van der Waals surface area contributed by atoms with Crippen molar-refractivity contribution >= 4 is 27.3 Å². The van der Waals surface area contributed by atoms with E-state index in [4.69, 9.17) is 4.74 Å². The van der Waals surface area contributed by atoms with Gasteiger partial charge in [-0.25, -0.2) is 4.79 Å². The molecule has 2 aromatic rings. The van der Waals surface area contributed by atoms with E-state index in [1.807, 2.05) is 6.92 Å². The molecule has 2 N–H and O–H groups in total. The van der Waals surface area contributed by atoms with Crippen LogP contribution in [0, 0.1) is 23.0 Å². The summed E-state index contributed by atoms with van der Waals surface area (Å²) in [6.07, 6.45) is 0.213. The molecule has 3 rings (SSSR count). The third-order valence-electron chi connectivity index (χ3n) is 4.61. The number of para-hydroxylation sites is 1. The maximum absolute atomic E-state index is 12.3. The number of hydrogen-bond acceptors (Lipinski definition) is 8.